The van der Waals surface area contributed by atoms with Crippen LogP contribution < -0.4 is 10.1 Å². The number of hydrogen-bond donors (Lipinski definition) is 1. The van der Waals surface area contributed by atoms with Crippen LogP contribution in [0.25, 0.3) is 0 Å². The number of esters is 1. The van der Waals surface area contributed by atoms with E-state index in [0.717, 1.165) is 12.0 Å². The minimum Gasteiger partial charge on any atom is -0.495 e. The third kappa shape index (κ3) is 3.50. The molecule has 1 aromatic rings. The number of ether oxygens (including phenoxy) is 2. The van der Waals surface area contributed by atoms with Gasteiger partial charge in [-0.05, 0) is 37.0 Å². The summed E-state index contributed by atoms with van der Waals surface area (Å²) < 4.78 is 10.1. The zero-order chi connectivity index (χ0) is 14.7. The summed E-state index contributed by atoms with van der Waals surface area (Å²) in [5.41, 5.74) is 1.58. The van der Waals surface area contributed by atoms with Crippen LogP contribution in [0.2, 0.25) is 0 Å². The Kier molecular flexibility index (Phi) is 4.27. The topological polar surface area (TPSA) is 64.6 Å². The first-order valence-electron chi connectivity index (χ1n) is 6.62. The molecule has 5 nitrogen and oxygen atoms in total. The molecule has 1 saturated carbocycles. The molecule has 1 N–H and O–H groups in total. The summed E-state index contributed by atoms with van der Waals surface area (Å²) >= 11 is 0. The Labute approximate surface area is 118 Å². The number of carbonyl (C=O) groups excluding carboxylic acids is 2. The summed E-state index contributed by atoms with van der Waals surface area (Å²) in [5, 5.41) is 2.69. The van der Waals surface area contributed by atoms with Gasteiger partial charge in [0.15, 0.2) is 6.61 Å². The molecule has 1 fully saturated rings. The number of rotatable bonds is 5. The molecule has 1 amide bonds. The lowest BCUT2D eigenvalue weighted by Gasteiger charge is -2.11. The minimum atomic E-state index is -0.365. The van der Waals surface area contributed by atoms with Crippen LogP contribution in [0.15, 0.2) is 18.2 Å². The summed E-state index contributed by atoms with van der Waals surface area (Å²) in [6.07, 6.45) is 0.853. The van der Waals surface area contributed by atoms with E-state index in [1.54, 1.807) is 6.07 Å². The van der Waals surface area contributed by atoms with E-state index in [9.17, 15) is 9.59 Å². The monoisotopic (exact) mass is 277 g/mol. The van der Waals surface area contributed by atoms with E-state index >= 15 is 0 Å². The Morgan fingerprint density at radius 3 is 2.70 bits per heavy atom. The zero-order valence-electron chi connectivity index (χ0n) is 11.9. The maximum absolute atomic E-state index is 11.8. The average molecular weight is 277 g/mol. The Hall–Kier alpha value is -2.04. The van der Waals surface area contributed by atoms with Crippen molar-refractivity contribution in [3.05, 3.63) is 23.8 Å². The molecule has 20 heavy (non-hydrogen) atoms. The molecule has 0 aromatic heterocycles. The molecule has 0 unspecified atom stereocenters. The molecule has 2 rings (SSSR count). The van der Waals surface area contributed by atoms with Crippen molar-refractivity contribution in [3.8, 4) is 5.75 Å². The van der Waals surface area contributed by atoms with Crippen molar-refractivity contribution < 1.29 is 19.1 Å². The van der Waals surface area contributed by atoms with E-state index in [1.807, 2.05) is 26.0 Å². The number of amides is 1. The van der Waals surface area contributed by atoms with Gasteiger partial charge in [-0.1, -0.05) is 13.0 Å². The summed E-state index contributed by atoms with van der Waals surface area (Å²) in [6.45, 7) is 3.65. The highest BCUT2D eigenvalue weighted by atomic mass is 16.5. The number of methoxy groups -OCH3 is 1. The highest BCUT2D eigenvalue weighted by molar-refractivity contribution is 5.94. The third-order valence-corrected chi connectivity index (χ3v) is 3.39. The second-order valence-corrected chi connectivity index (χ2v) is 5.18. The van der Waals surface area contributed by atoms with Crippen LogP contribution in [0, 0.1) is 18.8 Å². The fourth-order valence-corrected chi connectivity index (χ4v) is 2.00. The van der Waals surface area contributed by atoms with Gasteiger partial charge in [-0.25, -0.2) is 0 Å². The van der Waals surface area contributed by atoms with Gasteiger partial charge in [0.2, 0.25) is 0 Å². The Morgan fingerprint density at radius 2 is 2.10 bits per heavy atom. The highest BCUT2D eigenvalue weighted by Gasteiger charge is 2.40. The van der Waals surface area contributed by atoms with Crippen LogP contribution >= 0.6 is 0 Å². The molecule has 0 spiro atoms. The van der Waals surface area contributed by atoms with Gasteiger partial charge in [0.25, 0.3) is 5.91 Å². The number of benzene rings is 1. The summed E-state index contributed by atoms with van der Waals surface area (Å²) in [4.78, 5) is 23.3. The molecular formula is C15H19NO4. The molecule has 0 bridgehead atoms. The summed E-state index contributed by atoms with van der Waals surface area (Å²) in [6, 6.07) is 5.48. The second kappa shape index (κ2) is 5.94. The molecule has 0 radical (unpaired) electrons. The van der Waals surface area contributed by atoms with E-state index in [0.29, 0.717) is 17.4 Å². The molecule has 0 aliphatic heterocycles. The van der Waals surface area contributed by atoms with Crippen molar-refractivity contribution in [3.63, 3.8) is 0 Å². The number of anilines is 1. The largest absolute Gasteiger partial charge is 0.495 e. The summed E-state index contributed by atoms with van der Waals surface area (Å²) in [7, 11) is 1.54. The molecular weight excluding hydrogens is 258 g/mol. The van der Waals surface area contributed by atoms with Crippen molar-refractivity contribution in [1.82, 2.24) is 0 Å². The Bertz CT molecular complexity index is 527. The van der Waals surface area contributed by atoms with E-state index in [2.05, 4.69) is 5.32 Å². The van der Waals surface area contributed by atoms with E-state index < -0.39 is 0 Å². The fraction of sp³-hybridized carbons (Fsp3) is 0.467. The van der Waals surface area contributed by atoms with Gasteiger partial charge in [-0.3, -0.25) is 9.59 Å². The van der Waals surface area contributed by atoms with Gasteiger partial charge < -0.3 is 14.8 Å². The molecule has 1 aromatic carbocycles. The average Bonchev–Trinajstić information content (AvgIpc) is 3.13. The zero-order valence-corrected chi connectivity index (χ0v) is 11.9. The molecule has 2 atom stereocenters. The molecule has 0 heterocycles. The quantitative estimate of drug-likeness (QED) is 0.837. The number of carbonyl (C=O) groups is 2. The number of nitrogens with one attached hydrogen (secondary N) is 1. The van der Waals surface area contributed by atoms with Crippen LogP contribution in [0.3, 0.4) is 0 Å². The van der Waals surface area contributed by atoms with Crippen LogP contribution in [-0.2, 0) is 14.3 Å². The lowest BCUT2D eigenvalue weighted by molar-refractivity contribution is -0.148. The SMILES string of the molecule is COc1ccc(C)cc1NC(=O)COC(=O)[C@H]1C[C@@H]1C. The fourth-order valence-electron chi connectivity index (χ4n) is 2.00. The number of hydrogen-bond acceptors (Lipinski definition) is 4. The normalized spacial score (nSPS) is 20.1. The third-order valence-electron chi connectivity index (χ3n) is 3.39. The van der Waals surface area contributed by atoms with Gasteiger partial charge in [0.1, 0.15) is 5.75 Å². The van der Waals surface area contributed by atoms with Crippen molar-refractivity contribution in [1.29, 1.82) is 0 Å². The first-order chi connectivity index (χ1) is 9.51. The first-order valence-corrected chi connectivity index (χ1v) is 6.62. The van der Waals surface area contributed by atoms with Gasteiger partial charge in [0, 0.05) is 0 Å². The van der Waals surface area contributed by atoms with Crippen molar-refractivity contribution in [2.75, 3.05) is 19.0 Å². The maximum atomic E-state index is 11.8. The van der Waals surface area contributed by atoms with Crippen LogP contribution in [0.1, 0.15) is 18.9 Å². The predicted molar refractivity (Wildman–Crippen MR) is 74.6 cm³/mol. The van der Waals surface area contributed by atoms with Gasteiger partial charge >= 0.3 is 5.97 Å². The highest BCUT2D eigenvalue weighted by Crippen LogP contribution is 2.38. The maximum Gasteiger partial charge on any atom is 0.309 e. The van der Waals surface area contributed by atoms with Gasteiger partial charge in [0.05, 0.1) is 18.7 Å². The van der Waals surface area contributed by atoms with Crippen molar-refractivity contribution in [2.24, 2.45) is 11.8 Å². The molecule has 1 aliphatic rings. The van der Waals surface area contributed by atoms with Crippen LogP contribution in [0.4, 0.5) is 5.69 Å². The van der Waals surface area contributed by atoms with Crippen molar-refractivity contribution in [2.45, 2.75) is 20.3 Å². The lowest BCUT2D eigenvalue weighted by atomic mass is 10.2. The van der Waals surface area contributed by atoms with E-state index in [-0.39, 0.29) is 24.4 Å². The first kappa shape index (κ1) is 14.4. The van der Waals surface area contributed by atoms with Crippen LogP contribution in [0.5, 0.6) is 5.75 Å². The van der Waals surface area contributed by atoms with Crippen LogP contribution in [-0.4, -0.2) is 25.6 Å². The lowest BCUT2D eigenvalue weighted by Crippen LogP contribution is -2.22. The smallest absolute Gasteiger partial charge is 0.309 e. The Balaban J connectivity index is 1.88. The van der Waals surface area contributed by atoms with Gasteiger partial charge in [-0.15, -0.1) is 0 Å². The minimum absolute atomic E-state index is 0.0312. The van der Waals surface area contributed by atoms with E-state index in [4.69, 9.17) is 9.47 Å². The van der Waals surface area contributed by atoms with Gasteiger partial charge in [-0.2, -0.15) is 0 Å². The summed E-state index contributed by atoms with van der Waals surface area (Å²) in [5.74, 6) is 0.268. The molecule has 5 heteroatoms. The Morgan fingerprint density at radius 1 is 1.40 bits per heavy atom. The second-order valence-electron chi connectivity index (χ2n) is 5.18. The van der Waals surface area contributed by atoms with E-state index in [1.165, 1.54) is 7.11 Å². The molecule has 1 aliphatic carbocycles. The molecule has 108 valence electrons. The number of aryl methyl sites for hydroxylation is 1. The predicted octanol–water partition coefficient (Wildman–Crippen LogP) is 2.14. The van der Waals surface area contributed by atoms with Crippen molar-refractivity contribution >= 4 is 17.6 Å². The standard InChI is InChI=1S/C15H19NO4/c1-9-4-5-13(19-3)12(6-9)16-14(17)8-20-15(18)11-7-10(11)2/h4-6,10-11H,7-8H2,1-3H3,(H,16,17)/t10-,11-/m0/s1. The molecule has 0 saturated heterocycles.